The highest BCUT2D eigenvalue weighted by atomic mass is 19.4. The Morgan fingerprint density at radius 3 is 2.76 bits per heavy atom. The van der Waals surface area contributed by atoms with Gasteiger partial charge in [-0.05, 0) is 44.0 Å². The van der Waals surface area contributed by atoms with Crippen molar-refractivity contribution in [1.29, 1.82) is 0 Å². The van der Waals surface area contributed by atoms with Gasteiger partial charge in [0.25, 0.3) is 0 Å². The number of hydrogen-bond donors (Lipinski definition) is 3. The zero-order valence-electron chi connectivity index (χ0n) is 11.5. The molecule has 4 N–H and O–H groups in total. The number of nitrogens with one attached hydrogen (secondary N) is 2. The van der Waals surface area contributed by atoms with Crippen molar-refractivity contribution in [3.63, 3.8) is 0 Å². The summed E-state index contributed by atoms with van der Waals surface area (Å²) in [5, 5.41) is 6.28. The third-order valence-electron chi connectivity index (χ3n) is 3.57. The van der Waals surface area contributed by atoms with Crippen LogP contribution < -0.4 is 16.4 Å². The fourth-order valence-corrected chi connectivity index (χ4v) is 2.50. The van der Waals surface area contributed by atoms with Crippen molar-refractivity contribution in [3.8, 4) is 0 Å². The lowest BCUT2D eigenvalue weighted by atomic mass is 10.1. The average Bonchev–Trinajstić information content (AvgIpc) is 2.90. The van der Waals surface area contributed by atoms with Crippen LogP contribution in [0.15, 0.2) is 18.2 Å². The minimum Gasteiger partial charge on any atom is -0.385 e. The van der Waals surface area contributed by atoms with Gasteiger partial charge in [0.2, 0.25) is 5.91 Å². The van der Waals surface area contributed by atoms with Crippen LogP contribution in [0.1, 0.15) is 35.2 Å². The second-order valence-corrected chi connectivity index (χ2v) is 5.13. The van der Waals surface area contributed by atoms with E-state index in [-0.39, 0.29) is 0 Å². The number of amides is 1. The number of benzene rings is 1. The number of nitrogens with two attached hydrogens (primary N) is 1. The number of halogens is 3. The second kappa shape index (κ2) is 6.34. The summed E-state index contributed by atoms with van der Waals surface area (Å²) >= 11 is 0. The molecule has 0 unspecified atom stereocenters. The molecule has 0 bridgehead atoms. The number of rotatable bonds is 5. The first kappa shape index (κ1) is 15.6. The molecule has 1 fully saturated rings. The standard InChI is InChI=1S/C14H18F3N3O/c15-14(16,17)12-8-10(3-4-11(12)13(18)21)20-7-5-9-2-1-6-19-9/h3-4,8-9,19-20H,1-2,5-7H2,(H2,18,21)/t9-/m0/s1. The fourth-order valence-electron chi connectivity index (χ4n) is 2.50. The predicted molar refractivity (Wildman–Crippen MR) is 74.1 cm³/mol. The number of carbonyl (C=O) groups is 1. The lowest BCUT2D eigenvalue weighted by Crippen LogP contribution is -2.24. The Bertz CT molecular complexity index is 511. The van der Waals surface area contributed by atoms with E-state index >= 15 is 0 Å². The highest BCUT2D eigenvalue weighted by Crippen LogP contribution is 2.33. The van der Waals surface area contributed by atoms with E-state index in [1.807, 2.05) is 0 Å². The summed E-state index contributed by atoms with van der Waals surface area (Å²) in [6.45, 7) is 1.57. The molecule has 21 heavy (non-hydrogen) atoms. The van der Waals surface area contributed by atoms with E-state index in [1.165, 1.54) is 6.07 Å². The van der Waals surface area contributed by atoms with Crippen LogP contribution in [0, 0.1) is 0 Å². The summed E-state index contributed by atoms with van der Waals surface area (Å²) in [6, 6.07) is 3.91. The molecule has 1 aromatic rings. The van der Waals surface area contributed by atoms with E-state index < -0.39 is 23.2 Å². The SMILES string of the molecule is NC(=O)c1ccc(NCC[C@@H]2CCCN2)cc1C(F)(F)F. The molecule has 0 saturated carbocycles. The molecule has 4 nitrogen and oxygen atoms in total. The maximum atomic E-state index is 12.9. The molecule has 0 radical (unpaired) electrons. The fraction of sp³-hybridized carbons (Fsp3) is 0.500. The van der Waals surface area contributed by atoms with Gasteiger partial charge in [-0.15, -0.1) is 0 Å². The van der Waals surface area contributed by atoms with E-state index in [0.29, 0.717) is 18.3 Å². The first-order valence-corrected chi connectivity index (χ1v) is 6.86. The van der Waals surface area contributed by atoms with Gasteiger partial charge in [0, 0.05) is 18.3 Å². The molecule has 0 aliphatic carbocycles. The van der Waals surface area contributed by atoms with Crippen molar-refractivity contribution in [2.24, 2.45) is 5.73 Å². The van der Waals surface area contributed by atoms with E-state index in [1.54, 1.807) is 0 Å². The Morgan fingerprint density at radius 2 is 2.19 bits per heavy atom. The summed E-state index contributed by atoms with van der Waals surface area (Å²) in [5.74, 6) is -1.08. The van der Waals surface area contributed by atoms with Crippen LogP contribution in [0.2, 0.25) is 0 Å². The Hall–Kier alpha value is -1.76. The van der Waals surface area contributed by atoms with Crippen LogP contribution in [0.4, 0.5) is 18.9 Å². The van der Waals surface area contributed by atoms with Gasteiger partial charge < -0.3 is 16.4 Å². The molecule has 1 atom stereocenters. The van der Waals surface area contributed by atoms with Gasteiger partial charge in [0.1, 0.15) is 0 Å². The van der Waals surface area contributed by atoms with Gasteiger partial charge in [0.15, 0.2) is 0 Å². The van der Waals surface area contributed by atoms with Crippen molar-refractivity contribution < 1.29 is 18.0 Å². The van der Waals surface area contributed by atoms with Crippen molar-refractivity contribution in [2.75, 3.05) is 18.4 Å². The van der Waals surface area contributed by atoms with Gasteiger partial charge in [-0.25, -0.2) is 0 Å². The molecule has 7 heteroatoms. The van der Waals surface area contributed by atoms with Gasteiger partial charge in [-0.2, -0.15) is 13.2 Å². The van der Waals surface area contributed by atoms with Crippen LogP contribution >= 0.6 is 0 Å². The molecule has 1 aromatic carbocycles. The Kier molecular flexibility index (Phi) is 4.72. The summed E-state index contributed by atoms with van der Waals surface area (Å²) in [6.07, 6.45) is -1.53. The van der Waals surface area contributed by atoms with Crippen molar-refractivity contribution >= 4 is 11.6 Å². The highest BCUT2D eigenvalue weighted by Gasteiger charge is 2.35. The third kappa shape index (κ3) is 4.10. The topological polar surface area (TPSA) is 67.2 Å². The van der Waals surface area contributed by atoms with Crippen molar-refractivity contribution in [2.45, 2.75) is 31.5 Å². The van der Waals surface area contributed by atoms with E-state index in [2.05, 4.69) is 10.6 Å². The first-order valence-electron chi connectivity index (χ1n) is 6.86. The van der Waals surface area contributed by atoms with Crippen LogP contribution in [0.5, 0.6) is 0 Å². The molecule has 1 aliphatic heterocycles. The molecule has 2 rings (SSSR count). The average molecular weight is 301 g/mol. The number of hydrogen-bond acceptors (Lipinski definition) is 3. The minimum absolute atomic E-state index is 0.338. The molecule has 1 heterocycles. The molecule has 1 saturated heterocycles. The van der Waals surface area contributed by atoms with Gasteiger partial charge in [-0.1, -0.05) is 0 Å². The molecular formula is C14H18F3N3O. The summed E-state index contributed by atoms with van der Waals surface area (Å²) in [5.41, 5.74) is 3.81. The highest BCUT2D eigenvalue weighted by molar-refractivity contribution is 5.95. The van der Waals surface area contributed by atoms with Gasteiger partial charge in [0.05, 0.1) is 11.1 Å². The Morgan fingerprint density at radius 1 is 1.43 bits per heavy atom. The molecule has 0 spiro atoms. The molecular weight excluding hydrogens is 283 g/mol. The number of carbonyl (C=O) groups excluding carboxylic acids is 1. The summed E-state index contributed by atoms with van der Waals surface area (Å²) in [4.78, 5) is 11.1. The largest absolute Gasteiger partial charge is 0.417 e. The Balaban J connectivity index is 2.04. The van der Waals surface area contributed by atoms with Gasteiger partial charge >= 0.3 is 6.18 Å². The maximum Gasteiger partial charge on any atom is 0.417 e. The molecule has 1 aliphatic rings. The van der Waals surface area contributed by atoms with Crippen molar-refractivity contribution in [1.82, 2.24) is 5.32 Å². The third-order valence-corrected chi connectivity index (χ3v) is 3.57. The lowest BCUT2D eigenvalue weighted by Gasteiger charge is -2.15. The molecule has 116 valence electrons. The Labute approximate surface area is 120 Å². The van der Waals surface area contributed by atoms with Gasteiger partial charge in [-0.3, -0.25) is 4.79 Å². The van der Waals surface area contributed by atoms with Crippen LogP contribution in [0.25, 0.3) is 0 Å². The van der Waals surface area contributed by atoms with Crippen molar-refractivity contribution in [3.05, 3.63) is 29.3 Å². The lowest BCUT2D eigenvalue weighted by molar-refractivity contribution is -0.137. The second-order valence-electron chi connectivity index (χ2n) is 5.13. The van der Waals surface area contributed by atoms with E-state index in [9.17, 15) is 18.0 Å². The predicted octanol–water partition coefficient (Wildman–Crippen LogP) is 2.36. The monoisotopic (exact) mass is 301 g/mol. The number of primary amides is 1. The van der Waals surface area contributed by atoms with E-state index in [4.69, 9.17) is 5.73 Å². The summed E-state index contributed by atoms with van der Waals surface area (Å²) in [7, 11) is 0. The normalized spacial score (nSPS) is 18.7. The zero-order valence-corrected chi connectivity index (χ0v) is 11.5. The smallest absolute Gasteiger partial charge is 0.385 e. The molecule has 0 aromatic heterocycles. The zero-order chi connectivity index (χ0) is 15.5. The van der Waals surface area contributed by atoms with Crippen LogP contribution in [-0.2, 0) is 6.18 Å². The first-order chi connectivity index (χ1) is 9.88. The van der Waals surface area contributed by atoms with Crippen LogP contribution in [-0.4, -0.2) is 25.0 Å². The number of alkyl halides is 3. The quantitative estimate of drug-likeness (QED) is 0.782. The summed E-state index contributed by atoms with van der Waals surface area (Å²) < 4.78 is 38.7. The van der Waals surface area contributed by atoms with E-state index in [0.717, 1.165) is 37.9 Å². The molecule has 1 amide bonds. The maximum absolute atomic E-state index is 12.9. The number of anilines is 1. The minimum atomic E-state index is -4.60. The van der Waals surface area contributed by atoms with Crippen LogP contribution in [0.3, 0.4) is 0 Å².